The van der Waals surface area contributed by atoms with Crippen LogP contribution in [0.2, 0.25) is 10.0 Å². The van der Waals surface area contributed by atoms with Crippen LogP contribution in [0.5, 0.6) is 0 Å². The summed E-state index contributed by atoms with van der Waals surface area (Å²) in [6, 6.07) is 13.3. The highest BCUT2D eigenvalue weighted by Gasteiger charge is 2.22. The number of aliphatic hydroxyl groups excluding tert-OH is 1. The first kappa shape index (κ1) is 22.2. The van der Waals surface area contributed by atoms with Crippen LogP contribution in [0.1, 0.15) is 27.6 Å². The fourth-order valence-corrected chi connectivity index (χ4v) is 2.97. The molecule has 0 spiro atoms. The van der Waals surface area contributed by atoms with Crippen molar-refractivity contribution in [3.63, 3.8) is 0 Å². The molecular weight excluding hydrogens is 403 g/mol. The molecule has 2 aromatic rings. The minimum absolute atomic E-state index is 0.0566. The standard InChI is InChI=1S/C20H22Cl2N2O4/c1-2-28-18(12-24-20(27)14-8-4-6-10-16(14)22)17(25)11-23-19(26)13-7-3-5-9-15(13)21/h3-10,17-18,25H,2,11-12H2,1H3,(H,23,26)(H,24,27)/t17-,18+/m0/s1. The number of ether oxygens (including phenoxy) is 1. The number of amides is 2. The Bertz CT molecular complexity index is 816. The highest BCUT2D eigenvalue weighted by molar-refractivity contribution is 6.34. The maximum atomic E-state index is 12.3. The second-order valence-corrected chi connectivity index (χ2v) is 6.76. The summed E-state index contributed by atoms with van der Waals surface area (Å²) in [5.41, 5.74) is 0.650. The molecule has 2 rings (SSSR count). The SMILES string of the molecule is CCO[C@H](CNC(=O)c1ccccc1Cl)[C@@H](O)CNC(=O)c1ccccc1Cl. The maximum absolute atomic E-state index is 12.3. The van der Waals surface area contributed by atoms with Crippen molar-refractivity contribution in [1.29, 1.82) is 0 Å². The highest BCUT2D eigenvalue weighted by atomic mass is 35.5. The zero-order valence-corrected chi connectivity index (χ0v) is 16.8. The number of benzene rings is 2. The van der Waals surface area contributed by atoms with Gasteiger partial charge in [-0.15, -0.1) is 0 Å². The fourth-order valence-electron chi connectivity index (χ4n) is 2.52. The molecule has 0 saturated carbocycles. The highest BCUT2D eigenvalue weighted by Crippen LogP contribution is 2.15. The Labute approximate surface area is 173 Å². The van der Waals surface area contributed by atoms with E-state index in [-0.39, 0.29) is 19.0 Å². The summed E-state index contributed by atoms with van der Waals surface area (Å²) >= 11 is 12.0. The molecule has 0 aliphatic rings. The van der Waals surface area contributed by atoms with E-state index in [1.807, 2.05) is 0 Å². The average Bonchev–Trinajstić information content (AvgIpc) is 2.69. The number of hydrogen-bond donors (Lipinski definition) is 3. The largest absolute Gasteiger partial charge is 0.388 e. The van der Waals surface area contributed by atoms with Crippen LogP contribution in [-0.2, 0) is 4.74 Å². The lowest BCUT2D eigenvalue weighted by Crippen LogP contribution is -2.46. The van der Waals surface area contributed by atoms with Gasteiger partial charge in [-0.3, -0.25) is 9.59 Å². The van der Waals surface area contributed by atoms with E-state index in [2.05, 4.69) is 10.6 Å². The van der Waals surface area contributed by atoms with Crippen LogP contribution >= 0.6 is 23.2 Å². The van der Waals surface area contributed by atoms with E-state index >= 15 is 0 Å². The smallest absolute Gasteiger partial charge is 0.252 e. The number of rotatable bonds is 9. The van der Waals surface area contributed by atoms with Crippen molar-refractivity contribution < 1.29 is 19.4 Å². The predicted octanol–water partition coefficient (Wildman–Crippen LogP) is 2.92. The number of carbonyl (C=O) groups excluding carboxylic acids is 2. The van der Waals surface area contributed by atoms with Gasteiger partial charge in [-0.05, 0) is 31.2 Å². The predicted molar refractivity (Wildman–Crippen MR) is 109 cm³/mol. The lowest BCUT2D eigenvalue weighted by Gasteiger charge is -2.23. The Hall–Kier alpha value is -2.12. The van der Waals surface area contributed by atoms with Crippen molar-refractivity contribution in [2.75, 3.05) is 19.7 Å². The summed E-state index contributed by atoms with van der Waals surface area (Å²) < 4.78 is 5.51. The molecule has 150 valence electrons. The van der Waals surface area contributed by atoms with Crippen molar-refractivity contribution in [3.8, 4) is 0 Å². The summed E-state index contributed by atoms with van der Waals surface area (Å²) in [5, 5.41) is 16.4. The Kier molecular flexibility index (Phi) is 8.73. The second kappa shape index (κ2) is 11.0. The molecule has 2 amide bonds. The average molecular weight is 425 g/mol. The van der Waals surface area contributed by atoms with Crippen molar-refractivity contribution in [2.24, 2.45) is 0 Å². The lowest BCUT2D eigenvalue weighted by molar-refractivity contribution is -0.0287. The molecule has 2 aromatic carbocycles. The van der Waals surface area contributed by atoms with Crippen LogP contribution in [0, 0.1) is 0 Å². The van der Waals surface area contributed by atoms with Crippen molar-refractivity contribution >= 4 is 35.0 Å². The van der Waals surface area contributed by atoms with Gasteiger partial charge in [0.15, 0.2) is 0 Å². The monoisotopic (exact) mass is 424 g/mol. The summed E-state index contributed by atoms with van der Waals surface area (Å²) in [5.74, 6) is -0.775. The van der Waals surface area contributed by atoms with Crippen LogP contribution in [0.25, 0.3) is 0 Å². The van der Waals surface area contributed by atoms with E-state index in [9.17, 15) is 14.7 Å². The van der Waals surface area contributed by atoms with Gasteiger partial charge in [0.2, 0.25) is 0 Å². The third-order valence-electron chi connectivity index (χ3n) is 3.98. The van der Waals surface area contributed by atoms with Crippen LogP contribution in [0.15, 0.2) is 48.5 Å². The summed E-state index contributed by atoms with van der Waals surface area (Å²) in [4.78, 5) is 24.5. The van der Waals surface area contributed by atoms with E-state index in [0.717, 1.165) is 0 Å². The third-order valence-corrected chi connectivity index (χ3v) is 4.64. The van der Waals surface area contributed by atoms with Crippen molar-refractivity contribution in [2.45, 2.75) is 19.1 Å². The lowest BCUT2D eigenvalue weighted by atomic mass is 10.1. The molecule has 28 heavy (non-hydrogen) atoms. The number of aliphatic hydroxyl groups is 1. The molecule has 0 aromatic heterocycles. The second-order valence-electron chi connectivity index (χ2n) is 5.94. The summed E-state index contributed by atoms with van der Waals surface area (Å²) in [7, 11) is 0. The van der Waals surface area contributed by atoms with Crippen LogP contribution in [0.3, 0.4) is 0 Å². The van der Waals surface area contributed by atoms with Gasteiger partial charge in [-0.25, -0.2) is 0 Å². The Morgan fingerprint density at radius 3 is 1.86 bits per heavy atom. The van der Waals surface area contributed by atoms with Gasteiger partial charge in [0.25, 0.3) is 11.8 Å². The molecule has 6 nitrogen and oxygen atoms in total. The molecule has 2 atom stereocenters. The molecule has 0 radical (unpaired) electrons. The number of hydrogen-bond acceptors (Lipinski definition) is 4. The van der Waals surface area contributed by atoms with E-state index in [1.165, 1.54) is 0 Å². The number of nitrogens with one attached hydrogen (secondary N) is 2. The normalized spacial score (nSPS) is 12.9. The fraction of sp³-hybridized carbons (Fsp3) is 0.300. The number of halogens is 2. The van der Waals surface area contributed by atoms with Gasteiger partial charge < -0.3 is 20.5 Å². The van der Waals surface area contributed by atoms with Gasteiger partial charge in [-0.1, -0.05) is 47.5 Å². The Morgan fingerprint density at radius 1 is 0.929 bits per heavy atom. The minimum Gasteiger partial charge on any atom is -0.388 e. The molecule has 0 aliphatic carbocycles. The third kappa shape index (κ3) is 6.21. The van der Waals surface area contributed by atoms with Crippen LogP contribution in [-0.4, -0.2) is 48.8 Å². The van der Waals surface area contributed by atoms with E-state index in [4.69, 9.17) is 27.9 Å². The molecule has 0 aliphatic heterocycles. The van der Waals surface area contributed by atoms with Gasteiger partial charge in [0, 0.05) is 19.7 Å². The summed E-state index contributed by atoms with van der Waals surface area (Å²) in [6.45, 7) is 2.11. The summed E-state index contributed by atoms with van der Waals surface area (Å²) in [6.07, 6.45) is -1.74. The number of carbonyl (C=O) groups is 2. The quantitative estimate of drug-likeness (QED) is 0.577. The van der Waals surface area contributed by atoms with Crippen molar-refractivity contribution in [3.05, 3.63) is 69.7 Å². The van der Waals surface area contributed by atoms with Gasteiger partial charge >= 0.3 is 0 Å². The first-order chi connectivity index (χ1) is 13.4. The molecule has 0 fully saturated rings. The van der Waals surface area contributed by atoms with Gasteiger partial charge in [-0.2, -0.15) is 0 Å². The minimum atomic E-state index is -1.03. The van der Waals surface area contributed by atoms with E-state index in [0.29, 0.717) is 27.8 Å². The first-order valence-electron chi connectivity index (χ1n) is 8.79. The van der Waals surface area contributed by atoms with E-state index < -0.39 is 18.1 Å². The molecular formula is C20H22Cl2N2O4. The topological polar surface area (TPSA) is 87.7 Å². The molecule has 0 bridgehead atoms. The Balaban J connectivity index is 1.91. The molecule has 0 heterocycles. The van der Waals surface area contributed by atoms with Gasteiger partial charge in [0.1, 0.15) is 6.10 Å². The molecule has 3 N–H and O–H groups in total. The zero-order chi connectivity index (χ0) is 20.5. The molecule has 0 unspecified atom stereocenters. The van der Waals surface area contributed by atoms with E-state index in [1.54, 1.807) is 55.5 Å². The van der Waals surface area contributed by atoms with Crippen LogP contribution in [0.4, 0.5) is 0 Å². The molecule has 8 heteroatoms. The van der Waals surface area contributed by atoms with Crippen molar-refractivity contribution in [1.82, 2.24) is 10.6 Å². The van der Waals surface area contributed by atoms with Crippen LogP contribution < -0.4 is 10.6 Å². The Morgan fingerprint density at radius 2 is 1.39 bits per heavy atom. The maximum Gasteiger partial charge on any atom is 0.252 e. The van der Waals surface area contributed by atoms with Gasteiger partial charge in [0.05, 0.1) is 27.3 Å². The first-order valence-corrected chi connectivity index (χ1v) is 9.54. The zero-order valence-electron chi connectivity index (χ0n) is 15.3. The molecule has 0 saturated heterocycles.